The molecule has 0 spiro atoms. The van der Waals surface area contributed by atoms with Crippen molar-refractivity contribution in [3.63, 3.8) is 0 Å². The zero-order chi connectivity index (χ0) is 8.65. The molecule has 1 nitrogen and oxygen atoms in total. The van der Waals surface area contributed by atoms with E-state index in [1.165, 1.54) is 11.8 Å². The molecule has 2 heteroatoms. The smallest absolute Gasteiger partial charge is 0.122 e. The van der Waals surface area contributed by atoms with Gasteiger partial charge in [-0.15, -0.1) is 0 Å². The summed E-state index contributed by atoms with van der Waals surface area (Å²) in [4.78, 5) is 1.14. The van der Waals surface area contributed by atoms with Gasteiger partial charge in [0.1, 0.15) is 6.11 Å². The molecule has 0 amide bonds. The van der Waals surface area contributed by atoms with Crippen molar-refractivity contribution in [2.24, 2.45) is 0 Å². The molecule has 0 atom stereocenters. The highest BCUT2D eigenvalue weighted by Gasteiger charge is 1.85. The van der Waals surface area contributed by atoms with Gasteiger partial charge in [-0.3, -0.25) is 0 Å². The van der Waals surface area contributed by atoms with Crippen LogP contribution >= 0.6 is 11.8 Å². The number of ether oxygens (including phenoxy) is 1. The molecular weight excluding hydrogens is 168 g/mol. The summed E-state index contributed by atoms with van der Waals surface area (Å²) in [7, 11) is 0. The van der Waals surface area contributed by atoms with Crippen LogP contribution in [0.3, 0.4) is 0 Å². The normalized spacial score (nSPS) is 8.42. The molecule has 0 aliphatic rings. The highest BCUT2D eigenvalue weighted by Crippen LogP contribution is 2.14. The van der Waals surface area contributed by atoms with Gasteiger partial charge in [0, 0.05) is 10.1 Å². The van der Waals surface area contributed by atoms with Gasteiger partial charge in [-0.2, -0.15) is 0 Å². The minimum atomic E-state index is 0.641. The number of hydrogen-bond acceptors (Lipinski definition) is 2. The maximum atomic E-state index is 4.87. The Morgan fingerprint density at radius 3 is 2.75 bits per heavy atom. The van der Waals surface area contributed by atoms with E-state index in [0.717, 1.165) is 4.90 Å². The van der Waals surface area contributed by atoms with Crippen molar-refractivity contribution in [1.82, 2.24) is 0 Å². The zero-order valence-corrected chi connectivity index (χ0v) is 7.73. The topological polar surface area (TPSA) is 9.23 Å². The van der Waals surface area contributed by atoms with Crippen molar-refractivity contribution < 1.29 is 4.74 Å². The Kier molecular flexibility index (Phi) is 4.18. The lowest BCUT2D eigenvalue weighted by atomic mass is 10.4. The molecule has 0 unspecified atom stereocenters. The summed E-state index contributed by atoms with van der Waals surface area (Å²) in [6.45, 7) is 2.56. The van der Waals surface area contributed by atoms with Crippen LogP contribution in [0, 0.1) is 11.4 Å². The van der Waals surface area contributed by atoms with Crippen LogP contribution in [0.5, 0.6) is 0 Å². The summed E-state index contributed by atoms with van der Waals surface area (Å²) in [5.74, 6) is 0. The maximum Gasteiger partial charge on any atom is 0.122 e. The van der Waals surface area contributed by atoms with E-state index in [2.05, 4.69) is 11.4 Å². The average Bonchev–Trinajstić information content (AvgIpc) is 2.14. The quantitative estimate of drug-likeness (QED) is 0.508. The first-order valence-corrected chi connectivity index (χ1v) is 4.59. The fourth-order valence-corrected chi connectivity index (χ4v) is 1.18. The molecule has 1 rings (SSSR count). The van der Waals surface area contributed by atoms with Crippen LogP contribution in [-0.4, -0.2) is 6.61 Å². The molecule has 0 fully saturated rings. The molecule has 12 heavy (non-hydrogen) atoms. The van der Waals surface area contributed by atoms with Gasteiger partial charge in [-0.05, 0) is 30.8 Å². The maximum absolute atomic E-state index is 4.87. The third-order valence-electron chi connectivity index (χ3n) is 1.17. The van der Waals surface area contributed by atoms with Crippen molar-refractivity contribution in [1.29, 1.82) is 0 Å². The second-order valence-electron chi connectivity index (χ2n) is 2.05. The Morgan fingerprint density at radius 2 is 2.08 bits per heavy atom. The molecule has 0 saturated heterocycles. The summed E-state index contributed by atoms with van der Waals surface area (Å²) in [5.41, 5.74) is 0. The van der Waals surface area contributed by atoms with E-state index in [0.29, 0.717) is 6.61 Å². The molecule has 0 aromatic heterocycles. The molecule has 1 aromatic carbocycles. The third kappa shape index (κ3) is 3.36. The van der Waals surface area contributed by atoms with Crippen LogP contribution in [0.2, 0.25) is 0 Å². The Labute approximate surface area is 77.1 Å². The molecular formula is C10H10OS. The number of rotatable bonds is 2. The largest absolute Gasteiger partial charge is 0.446 e. The lowest BCUT2D eigenvalue weighted by molar-refractivity contribution is 0.299. The summed E-state index contributed by atoms with van der Waals surface area (Å²) < 4.78 is 4.87. The molecule has 0 saturated carbocycles. The Morgan fingerprint density at radius 1 is 1.33 bits per heavy atom. The molecule has 0 aliphatic heterocycles. The van der Waals surface area contributed by atoms with Crippen LogP contribution < -0.4 is 0 Å². The van der Waals surface area contributed by atoms with Crippen LogP contribution in [0.15, 0.2) is 35.2 Å². The monoisotopic (exact) mass is 178 g/mol. The second-order valence-corrected chi connectivity index (χ2v) is 2.93. The minimum absolute atomic E-state index is 0.641. The average molecular weight is 178 g/mol. The first kappa shape index (κ1) is 9.02. The molecule has 0 aliphatic carbocycles. The number of benzene rings is 1. The van der Waals surface area contributed by atoms with Gasteiger partial charge in [0.15, 0.2) is 0 Å². The Balaban J connectivity index is 2.40. The molecule has 0 bridgehead atoms. The van der Waals surface area contributed by atoms with E-state index in [1.807, 2.05) is 37.3 Å². The fourth-order valence-electron chi connectivity index (χ4n) is 0.670. The number of hydrogen-bond donors (Lipinski definition) is 0. The predicted molar refractivity (Wildman–Crippen MR) is 51.7 cm³/mol. The van der Waals surface area contributed by atoms with Crippen LogP contribution in [0.25, 0.3) is 0 Å². The van der Waals surface area contributed by atoms with Crippen molar-refractivity contribution >= 4 is 11.8 Å². The fraction of sp³-hybridized carbons (Fsp3) is 0.200. The second kappa shape index (κ2) is 5.56. The van der Waals surface area contributed by atoms with Gasteiger partial charge in [0.2, 0.25) is 0 Å². The lowest BCUT2D eigenvalue weighted by Crippen LogP contribution is -1.75. The van der Waals surface area contributed by atoms with Crippen molar-refractivity contribution in [3.05, 3.63) is 30.3 Å². The third-order valence-corrected chi connectivity index (χ3v) is 1.86. The van der Waals surface area contributed by atoms with Gasteiger partial charge >= 0.3 is 0 Å². The van der Waals surface area contributed by atoms with Gasteiger partial charge in [0.25, 0.3) is 0 Å². The molecule has 0 heterocycles. The SMILES string of the molecule is CCOC#CSc1ccccc1. The van der Waals surface area contributed by atoms with Crippen molar-refractivity contribution in [2.75, 3.05) is 6.61 Å². The van der Waals surface area contributed by atoms with Gasteiger partial charge in [-0.25, -0.2) is 0 Å². The van der Waals surface area contributed by atoms with E-state index in [-0.39, 0.29) is 0 Å². The number of thioether (sulfide) groups is 1. The summed E-state index contributed by atoms with van der Waals surface area (Å²) >= 11 is 1.47. The van der Waals surface area contributed by atoms with Crippen LogP contribution in [0.1, 0.15) is 6.92 Å². The first-order chi connectivity index (χ1) is 5.93. The molecule has 62 valence electrons. The predicted octanol–water partition coefficient (Wildman–Crippen LogP) is 2.73. The molecule has 0 N–H and O–H groups in total. The Bertz CT molecular complexity index is 271. The molecule has 0 radical (unpaired) electrons. The van der Waals surface area contributed by atoms with Gasteiger partial charge < -0.3 is 4.74 Å². The van der Waals surface area contributed by atoms with Crippen molar-refractivity contribution in [2.45, 2.75) is 11.8 Å². The van der Waals surface area contributed by atoms with E-state index < -0.39 is 0 Å². The summed E-state index contributed by atoms with van der Waals surface area (Å²) in [6, 6.07) is 10.0. The Hall–Kier alpha value is -1.07. The van der Waals surface area contributed by atoms with E-state index >= 15 is 0 Å². The minimum Gasteiger partial charge on any atom is -0.446 e. The van der Waals surface area contributed by atoms with Crippen LogP contribution in [0.4, 0.5) is 0 Å². The van der Waals surface area contributed by atoms with E-state index in [9.17, 15) is 0 Å². The van der Waals surface area contributed by atoms with E-state index in [4.69, 9.17) is 4.74 Å². The summed E-state index contributed by atoms with van der Waals surface area (Å²) in [6.07, 6.45) is 2.60. The zero-order valence-electron chi connectivity index (χ0n) is 6.91. The standard InChI is InChI=1S/C10H10OS/c1-2-11-8-9-12-10-6-4-3-5-7-10/h3-7H,2H2,1H3. The highest BCUT2D eigenvalue weighted by molar-refractivity contribution is 8.03. The molecule has 1 aromatic rings. The van der Waals surface area contributed by atoms with Crippen LogP contribution in [-0.2, 0) is 4.74 Å². The van der Waals surface area contributed by atoms with Crippen molar-refractivity contribution in [3.8, 4) is 11.4 Å². The first-order valence-electron chi connectivity index (χ1n) is 3.77. The van der Waals surface area contributed by atoms with Gasteiger partial charge in [0.05, 0.1) is 6.61 Å². The lowest BCUT2D eigenvalue weighted by Gasteiger charge is -1.90. The summed E-state index contributed by atoms with van der Waals surface area (Å²) in [5, 5.41) is 2.85. The van der Waals surface area contributed by atoms with E-state index in [1.54, 1.807) is 0 Å². The van der Waals surface area contributed by atoms with Gasteiger partial charge in [-0.1, -0.05) is 18.2 Å². The highest BCUT2D eigenvalue weighted by atomic mass is 32.2.